The molecule has 6 heteroatoms. The summed E-state index contributed by atoms with van der Waals surface area (Å²) in [5.74, 6) is 1.26. The summed E-state index contributed by atoms with van der Waals surface area (Å²) >= 11 is 6.12. The lowest BCUT2D eigenvalue weighted by Gasteiger charge is -2.11. The lowest BCUT2D eigenvalue weighted by Crippen LogP contribution is -2.25. The summed E-state index contributed by atoms with van der Waals surface area (Å²) in [6.07, 6.45) is 0.851. The van der Waals surface area contributed by atoms with Gasteiger partial charge < -0.3 is 9.42 Å². The van der Waals surface area contributed by atoms with Crippen LogP contribution in [0, 0.1) is 0 Å². The van der Waals surface area contributed by atoms with Crippen LogP contribution < -0.4 is 0 Å². The van der Waals surface area contributed by atoms with Crippen molar-refractivity contribution in [3.63, 3.8) is 0 Å². The molecule has 0 radical (unpaired) electrons. The van der Waals surface area contributed by atoms with Crippen LogP contribution in [0.15, 0.2) is 28.8 Å². The van der Waals surface area contributed by atoms with Crippen molar-refractivity contribution < 1.29 is 9.32 Å². The zero-order chi connectivity index (χ0) is 14.1. The standard InChI is InChI=1S/C14H14ClN3O2/c1-9(19)18-7-6-10(8-18)14-16-13(17-20-14)11-4-2-3-5-12(11)15/h2-5,10H,6-8H2,1H3/t10-/m1/s1. The summed E-state index contributed by atoms with van der Waals surface area (Å²) in [7, 11) is 0. The van der Waals surface area contributed by atoms with Gasteiger partial charge in [0, 0.05) is 25.6 Å². The summed E-state index contributed by atoms with van der Waals surface area (Å²) in [5.41, 5.74) is 0.755. The summed E-state index contributed by atoms with van der Waals surface area (Å²) in [5, 5.41) is 4.58. The van der Waals surface area contributed by atoms with Crippen LogP contribution in [-0.2, 0) is 4.79 Å². The SMILES string of the molecule is CC(=O)N1CC[C@@H](c2nc(-c3ccccc3Cl)no2)C1. The van der Waals surface area contributed by atoms with E-state index in [2.05, 4.69) is 10.1 Å². The smallest absolute Gasteiger partial charge is 0.231 e. The van der Waals surface area contributed by atoms with E-state index in [-0.39, 0.29) is 11.8 Å². The summed E-state index contributed by atoms with van der Waals surface area (Å²) in [6, 6.07) is 7.38. The third kappa shape index (κ3) is 2.41. The Hall–Kier alpha value is -1.88. The topological polar surface area (TPSA) is 59.2 Å². The van der Waals surface area contributed by atoms with Crippen molar-refractivity contribution in [1.82, 2.24) is 15.0 Å². The highest BCUT2D eigenvalue weighted by Gasteiger charge is 2.29. The lowest BCUT2D eigenvalue weighted by atomic mass is 10.1. The molecule has 1 aromatic carbocycles. The minimum atomic E-state index is 0.0818. The first-order valence-electron chi connectivity index (χ1n) is 6.49. The van der Waals surface area contributed by atoms with Gasteiger partial charge in [-0.05, 0) is 18.6 Å². The number of rotatable bonds is 2. The fraction of sp³-hybridized carbons (Fsp3) is 0.357. The molecule has 0 aliphatic carbocycles. The molecular weight excluding hydrogens is 278 g/mol. The maximum Gasteiger partial charge on any atom is 0.231 e. The second-order valence-electron chi connectivity index (χ2n) is 4.89. The summed E-state index contributed by atoms with van der Waals surface area (Å²) in [6.45, 7) is 2.95. The number of carbonyl (C=O) groups excluding carboxylic acids is 1. The van der Waals surface area contributed by atoms with Crippen LogP contribution in [0.25, 0.3) is 11.4 Å². The van der Waals surface area contributed by atoms with Crippen molar-refractivity contribution in [3.8, 4) is 11.4 Å². The van der Waals surface area contributed by atoms with Gasteiger partial charge in [0.05, 0.1) is 10.9 Å². The fourth-order valence-corrected chi connectivity index (χ4v) is 2.62. The first-order chi connectivity index (χ1) is 9.65. The quantitative estimate of drug-likeness (QED) is 0.853. The van der Waals surface area contributed by atoms with Crippen LogP contribution in [0.1, 0.15) is 25.2 Å². The average Bonchev–Trinajstić information content (AvgIpc) is 3.08. The second kappa shape index (κ2) is 5.25. The highest BCUT2D eigenvalue weighted by atomic mass is 35.5. The molecule has 1 aliphatic heterocycles. The number of halogens is 1. The molecule has 5 nitrogen and oxygen atoms in total. The van der Waals surface area contributed by atoms with Crippen LogP contribution in [0.2, 0.25) is 5.02 Å². The van der Waals surface area contributed by atoms with E-state index in [1.807, 2.05) is 18.2 Å². The molecule has 2 aromatic rings. The van der Waals surface area contributed by atoms with E-state index >= 15 is 0 Å². The minimum absolute atomic E-state index is 0.0818. The van der Waals surface area contributed by atoms with Crippen LogP contribution >= 0.6 is 11.6 Å². The molecule has 3 rings (SSSR count). The van der Waals surface area contributed by atoms with E-state index in [9.17, 15) is 4.79 Å². The molecule has 2 heterocycles. The Morgan fingerprint density at radius 1 is 1.45 bits per heavy atom. The number of aromatic nitrogens is 2. The Morgan fingerprint density at radius 2 is 2.25 bits per heavy atom. The van der Waals surface area contributed by atoms with E-state index in [1.54, 1.807) is 17.9 Å². The van der Waals surface area contributed by atoms with Gasteiger partial charge >= 0.3 is 0 Å². The number of likely N-dealkylation sites (tertiary alicyclic amines) is 1. The molecule has 1 atom stereocenters. The largest absolute Gasteiger partial charge is 0.342 e. The van der Waals surface area contributed by atoms with Gasteiger partial charge in [-0.3, -0.25) is 4.79 Å². The molecule has 0 unspecified atom stereocenters. The van der Waals surface area contributed by atoms with Crippen LogP contribution in [-0.4, -0.2) is 34.0 Å². The highest BCUT2D eigenvalue weighted by molar-refractivity contribution is 6.33. The number of nitrogens with zero attached hydrogens (tertiary/aromatic N) is 3. The maximum absolute atomic E-state index is 11.3. The van der Waals surface area contributed by atoms with Gasteiger partial charge in [0.1, 0.15) is 0 Å². The molecule has 20 heavy (non-hydrogen) atoms. The number of hydrogen-bond acceptors (Lipinski definition) is 4. The molecule has 1 saturated heterocycles. The van der Waals surface area contributed by atoms with Gasteiger partial charge in [-0.25, -0.2) is 0 Å². The average molecular weight is 292 g/mol. The molecule has 0 N–H and O–H groups in total. The lowest BCUT2D eigenvalue weighted by molar-refractivity contribution is -0.127. The van der Waals surface area contributed by atoms with Crippen molar-refractivity contribution in [3.05, 3.63) is 35.2 Å². The van der Waals surface area contributed by atoms with Gasteiger partial charge in [0.2, 0.25) is 17.6 Å². The van der Waals surface area contributed by atoms with Crippen molar-refractivity contribution >= 4 is 17.5 Å². The zero-order valence-corrected chi connectivity index (χ0v) is 11.8. The van der Waals surface area contributed by atoms with Crippen molar-refractivity contribution in [2.24, 2.45) is 0 Å². The molecule has 1 aromatic heterocycles. The van der Waals surface area contributed by atoms with Gasteiger partial charge in [0.25, 0.3) is 0 Å². The Bertz CT molecular complexity index is 641. The molecule has 0 spiro atoms. The first kappa shape index (κ1) is 13.1. The Morgan fingerprint density at radius 3 is 2.95 bits per heavy atom. The predicted molar refractivity (Wildman–Crippen MR) is 74.4 cm³/mol. The first-order valence-corrected chi connectivity index (χ1v) is 6.87. The third-order valence-electron chi connectivity index (χ3n) is 3.54. The molecular formula is C14H14ClN3O2. The molecule has 0 bridgehead atoms. The van der Waals surface area contributed by atoms with Gasteiger partial charge in [0.15, 0.2) is 0 Å². The minimum Gasteiger partial charge on any atom is -0.342 e. The Balaban J connectivity index is 1.81. The maximum atomic E-state index is 11.3. The van der Waals surface area contributed by atoms with Crippen molar-refractivity contribution in [2.75, 3.05) is 13.1 Å². The third-order valence-corrected chi connectivity index (χ3v) is 3.87. The Kier molecular flexibility index (Phi) is 3.44. The molecule has 0 saturated carbocycles. The van der Waals surface area contributed by atoms with Crippen molar-refractivity contribution in [2.45, 2.75) is 19.3 Å². The number of hydrogen-bond donors (Lipinski definition) is 0. The number of benzene rings is 1. The van der Waals surface area contributed by atoms with Crippen molar-refractivity contribution in [1.29, 1.82) is 0 Å². The van der Waals surface area contributed by atoms with E-state index in [0.717, 1.165) is 18.5 Å². The fourth-order valence-electron chi connectivity index (χ4n) is 2.40. The van der Waals surface area contributed by atoms with Crippen LogP contribution in [0.5, 0.6) is 0 Å². The van der Waals surface area contributed by atoms with E-state index in [1.165, 1.54) is 0 Å². The summed E-state index contributed by atoms with van der Waals surface area (Å²) < 4.78 is 5.33. The van der Waals surface area contributed by atoms with E-state index in [0.29, 0.717) is 23.3 Å². The summed E-state index contributed by atoms with van der Waals surface area (Å²) in [4.78, 5) is 17.5. The highest BCUT2D eigenvalue weighted by Crippen LogP contribution is 2.30. The van der Waals surface area contributed by atoms with Gasteiger partial charge in [-0.2, -0.15) is 4.98 Å². The number of carbonyl (C=O) groups is 1. The number of amides is 1. The molecule has 1 aliphatic rings. The van der Waals surface area contributed by atoms with E-state index < -0.39 is 0 Å². The predicted octanol–water partition coefficient (Wildman–Crippen LogP) is 2.73. The van der Waals surface area contributed by atoms with E-state index in [4.69, 9.17) is 16.1 Å². The molecule has 1 amide bonds. The second-order valence-corrected chi connectivity index (χ2v) is 5.29. The molecule has 1 fully saturated rings. The van der Waals surface area contributed by atoms with Crippen LogP contribution in [0.3, 0.4) is 0 Å². The van der Waals surface area contributed by atoms with Crippen LogP contribution in [0.4, 0.5) is 0 Å². The Labute approximate surface area is 121 Å². The monoisotopic (exact) mass is 291 g/mol. The zero-order valence-electron chi connectivity index (χ0n) is 11.0. The normalized spacial score (nSPS) is 18.5. The molecule has 104 valence electrons. The van der Waals surface area contributed by atoms with Gasteiger partial charge in [-0.1, -0.05) is 28.9 Å². The van der Waals surface area contributed by atoms with Gasteiger partial charge in [-0.15, -0.1) is 0 Å².